The number of pyridine rings is 1. The maximum atomic E-state index is 13.8. The zero-order valence-electron chi connectivity index (χ0n) is 8.58. The van der Waals surface area contributed by atoms with Crippen molar-refractivity contribution in [2.75, 3.05) is 7.11 Å². The van der Waals surface area contributed by atoms with Crippen LogP contribution in [-0.2, 0) is 0 Å². The number of halogens is 2. The van der Waals surface area contributed by atoms with Gasteiger partial charge in [-0.3, -0.25) is 4.98 Å². The van der Waals surface area contributed by atoms with Gasteiger partial charge >= 0.3 is 0 Å². The first kappa shape index (κ1) is 10.5. The third-order valence-electron chi connectivity index (χ3n) is 2.19. The number of benzene rings is 1. The zero-order valence-corrected chi connectivity index (χ0v) is 8.58. The van der Waals surface area contributed by atoms with Crippen LogP contribution >= 0.6 is 0 Å². The lowest BCUT2D eigenvalue weighted by atomic mass is 10.1. The van der Waals surface area contributed by atoms with Crippen LogP contribution in [0.3, 0.4) is 0 Å². The van der Waals surface area contributed by atoms with Crippen LogP contribution in [0.4, 0.5) is 8.78 Å². The highest BCUT2D eigenvalue weighted by molar-refractivity contribution is 5.62. The summed E-state index contributed by atoms with van der Waals surface area (Å²) in [6, 6.07) is 7.40. The summed E-state index contributed by atoms with van der Waals surface area (Å²) < 4.78 is 31.3. The first-order valence-corrected chi connectivity index (χ1v) is 4.67. The fraction of sp³-hybridized carbons (Fsp3) is 0.0833. The van der Waals surface area contributed by atoms with E-state index in [9.17, 15) is 8.78 Å². The third-order valence-corrected chi connectivity index (χ3v) is 2.19. The van der Waals surface area contributed by atoms with Crippen molar-refractivity contribution in [2.45, 2.75) is 0 Å². The van der Waals surface area contributed by atoms with Crippen molar-refractivity contribution in [1.29, 1.82) is 0 Å². The summed E-state index contributed by atoms with van der Waals surface area (Å²) in [7, 11) is 1.39. The SMILES string of the molecule is COc1cccc(-c2ccc(F)cn2)c1F. The summed E-state index contributed by atoms with van der Waals surface area (Å²) in [5.41, 5.74) is 0.664. The molecule has 0 bridgehead atoms. The highest BCUT2D eigenvalue weighted by Gasteiger charge is 2.10. The van der Waals surface area contributed by atoms with Crippen molar-refractivity contribution in [3.05, 3.63) is 48.2 Å². The molecule has 0 N–H and O–H groups in total. The highest BCUT2D eigenvalue weighted by atomic mass is 19.1. The van der Waals surface area contributed by atoms with Crippen molar-refractivity contribution >= 4 is 0 Å². The molecule has 0 saturated carbocycles. The lowest BCUT2D eigenvalue weighted by Gasteiger charge is -2.06. The summed E-state index contributed by atoms with van der Waals surface area (Å²) >= 11 is 0. The van der Waals surface area contributed by atoms with Crippen LogP contribution in [0.2, 0.25) is 0 Å². The van der Waals surface area contributed by atoms with Crippen LogP contribution in [0.5, 0.6) is 5.75 Å². The van der Waals surface area contributed by atoms with E-state index in [0.29, 0.717) is 11.3 Å². The molecule has 0 saturated heterocycles. The summed E-state index contributed by atoms with van der Waals surface area (Å²) in [4.78, 5) is 3.81. The molecule has 0 amide bonds. The van der Waals surface area contributed by atoms with E-state index in [0.717, 1.165) is 6.20 Å². The van der Waals surface area contributed by atoms with Crippen LogP contribution in [-0.4, -0.2) is 12.1 Å². The second kappa shape index (κ2) is 4.26. The number of ether oxygens (including phenoxy) is 1. The van der Waals surface area contributed by atoms with E-state index in [-0.39, 0.29) is 5.75 Å². The Morgan fingerprint density at radius 2 is 1.94 bits per heavy atom. The van der Waals surface area contributed by atoms with Crippen LogP contribution < -0.4 is 4.74 Å². The fourth-order valence-corrected chi connectivity index (χ4v) is 1.40. The molecule has 2 nitrogen and oxygen atoms in total. The molecule has 1 aromatic carbocycles. The van der Waals surface area contributed by atoms with Crippen LogP contribution in [0.25, 0.3) is 11.3 Å². The molecule has 0 aliphatic heterocycles. The van der Waals surface area contributed by atoms with E-state index in [4.69, 9.17) is 4.74 Å². The Bertz CT molecular complexity index is 497. The second-order valence-corrected chi connectivity index (χ2v) is 3.18. The van der Waals surface area contributed by atoms with Gasteiger partial charge in [0.1, 0.15) is 5.82 Å². The van der Waals surface area contributed by atoms with Crippen molar-refractivity contribution in [3.8, 4) is 17.0 Å². The summed E-state index contributed by atoms with van der Waals surface area (Å²) in [6.07, 6.45) is 1.05. The molecule has 4 heteroatoms. The molecule has 16 heavy (non-hydrogen) atoms. The van der Waals surface area contributed by atoms with Gasteiger partial charge in [-0.15, -0.1) is 0 Å². The van der Waals surface area contributed by atoms with Gasteiger partial charge in [0.25, 0.3) is 0 Å². The van der Waals surface area contributed by atoms with E-state index in [2.05, 4.69) is 4.98 Å². The molecule has 1 aromatic heterocycles. The molecule has 0 atom stereocenters. The summed E-state index contributed by atoms with van der Waals surface area (Å²) in [5, 5.41) is 0. The Morgan fingerprint density at radius 1 is 1.12 bits per heavy atom. The lowest BCUT2D eigenvalue weighted by Crippen LogP contribution is -1.93. The number of hydrogen-bond donors (Lipinski definition) is 0. The minimum Gasteiger partial charge on any atom is -0.494 e. The van der Waals surface area contributed by atoms with Crippen LogP contribution in [0.1, 0.15) is 0 Å². The predicted molar refractivity (Wildman–Crippen MR) is 56.1 cm³/mol. The molecule has 2 rings (SSSR count). The smallest absolute Gasteiger partial charge is 0.174 e. The predicted octanol–water partition coefficient (Wildman–Crippen LogP) is 3.04. The maximum Gasteiger partial charge on any atom is 0.174 e. The van der Waals surface area contributed by atoms with Crippen LogP contribution in [0, 0.1) is 11.6 Å². The summed E-state index contributed by atoms with van der Waals surface area (Å²) in [5.74, 6) is -0.806. The van der Waals surface area contributed by atoms with Crippen molar-refractivity contribution in [3.63, 3.8) is 0 Å². The quantitative estimate of drug-likeness (QED) is 0.777. The van der Waals surface area contributed by atoms with E-state index in [1.165, 1.54) is 25.3 Å². The number of nitrogens with zero attached hydrogens (tertiary/aromatic N) is 1. The molecule has 0 fully saturated rings. The largest absolute Gasteiger partial charge is 0.494 e. The maximum absolute atomic E-state index is 13.8. The molecule has 0 spiro atoms. The average molecular weight is 221 g/mol. The van der Waals surface area contributed by atoms with Gasteiger partial charge in [-0.25, -0.2) is 8.78 Å². The Morgan fingerprint density at radius 3 is 2.56 bits per heavy atom. The van der Waals surface area contributed by atoms with E-state index < -0.39 is 11.6 Å². The number of hydrogen-bond acceptors (Lipinski definition) is 2. The Kier molecular flexibility index (Phi) is 2.81. The monoisotopic (exact) mass is 221 g/mol. The zero-order chi connectivity index (χ0) is 11.5. The van der Waals surface area contributed by atoms with Gasteiger partial charge in [0.05, 0.1) is 19.0 Å². The van der Waals surface area contributed by atoms with Gasteiger partial charge < -0.3 is 4.74 Å². The van der Waals surface area contributed by atoms with Crippen molar-refractivity contribution in [2.24, 2.45) is 0 Å². The van der Waals surface area contributed by atoms with Gasteiger partial charge in [0.15, 0.2) is 11.6 Å². The Hall–Kier alpha value is -1.97. The lowest BCUT2D eigenvalue weighted by molar-refractivity contribution is 0.387. The van der Waals surface area contributed by atoms with Gasteiger partial charge in [0, 0.05) is 5.56 Å². The standard InChI is InChI=1S/C12H9F2NO/c1-16-11-4-2-3-9(12(11)14)10-6-5-8(13)7-15-10/h2-7H,1H3. The number of methoxy groups -OCH3 is 1. The van der Waals surface area contributed by atoms with E-state index in [1.807, 2.05) is 0 Å². The van der Waals surface area contributed by atoms with Gasteiger partial charge in [-0.1, -0.05) is 6.07 Å². The molecule has 0 radical (unpaired) electrons. The fourth-order valence-electron chi connectivity index (χ4n) is 1.40. The third kappa shape index (κ3) is 1.86. The van der Waals surface area contributed by atoms with Crippen molar-refractivity contribution < 1.29 is 13.5 Å². The molecule has 2 aromatic rings. The second-order valence-electron chi connectivity index (χ2n) is 3.18. The first-order valence-electron chi connectivity index (χ1n) is 4.67. The first-order chi connectivity index (χ1) is 7.72. The number of rotatable bonds is 2. The average Bonchev–Trinajstić information content (AvgIpc) is 2.31. The van der Waals surface area contributed by atoms with Gasteiger partial charge in [0.2, 0.25) is 0 Å². The minimum absolute atomic E-state index is 0.142. The molecular weight excluding hydrogens is 212 g/mol. The molecule has 0 aliphatic rings. The van der Waals surface area contributed by atoms with Gasteiger partial charge in [-0.2, -0.15) is 0 Å². The molecule has 0 unspecified atom stereocenters. The highest BCUT2D eigenvalue weighted by Crippen LogP contribution is 2.27. The Labute approximate surface area is 91.5 Å². The minimum atomic E-state index is -0.496. The summed E-state index contributed by atoms with van der Waals surface area (Å²) in [6.45, 7) is 0. The van der Waals surface area contributed by atoms with E-state index >= 15 is 0 Å². The molecule has 82 valence electrons. The van der Waals surface area contributed by atoms with Gasteiger partial charge in [-0.05, 0) is 24.3 Å². The van der Waals surface area contributed by atoms with E-state index in [1.54, 1.807) is 12.1 Å². The van der Waals surface area contributed by atoms with Crippen molar-refractivity contribution in [1.82, 2.24) is 4.98 Å². The molecular formula is C12H9F2NO. The number of aromatic nitrogens is 1. The molecule has 0 aliphatic carbocycles. The Balaban J connectivity index is 2.51. The van der Waals surface area contributed by atoms with Crippen LogP contribution in [0.15, 0.2) is 36.5 Å². The topological polar surface area (TPSA) is 22.1 Å². The molecule has 1 heterocycles. The normalized spacial score (nSPS) is 10.2.